The third-order valence-corrected chi connectivity index (χ3v) is 3.34. The standard InChI is InChI=1S/C13H15N5O2.H2S/c1-8-7-17(13(19)10-5-6-15-18(8)10)11-4-3-9(14)12(16-11)20-2;/h3-6,8H,7,14H2,1-2H3;1H2/t8-;/m0./s1. The average molecular weight is 307 g/mol. The lowest BCUT2D eigenvalue weighted by Gasteiger charge is -2.31. The number of nitrogens with two attached hydrogens (primary N) is 1. The molecule has 21 heavy (non-hydrogen) atoms. The number of rotatable bonds is 2. The van der Waals surface area contributed by atoms with Crippen LogP contribution in [0.5, 0.6) is 5.88 Å². The van der Waals surface area contributed by atoms with Crippen molar-refractivity contribution in [3.05, 3.63) is 30.1 Å². The van der Waals surface area contributed by atoms with Gasteiger partial charge in [-0.2, -0.15) is 23.6 Å². The molecule has 3 heterocycles. The summed E-state index contributed by atoms with van der Waals surface area (Å²) in [6.07, 6.45) is 1.63. The second-order valence-corrected chi connectivity index (χ2v) is 4.69. The number of hydrogen-bond acceptors (Lipinski definition) is 5. The molecule has 1 amide bonds. The van der Waals surface area contributed by atoms with Crippen LogP contribution in [-0.4, -0.2) is 34.3 Å². The third kappa shape index (κ3) is 2.42. The van der Waals surface area contributed by atoms with Crippen molar-refractivity contribution in [3.8, 4) is 5.88 Å². The van der Waals surface area contributed by atoms with Crippen molar-refractivity contribution in [1.82, 2.24) is 14.8 Å². The Morgan fingerprint density at radius 2 is 2.14 bits per heavy atom. The summed E-state index contributed by atoms with van der Waals surface area (Å²) >= 11 is 0. The van der Waals surface area contributed by atoms with Crippen LogP contribution in [-0.2, 0) is 0 Å². The molecule has 2 aromatic heterocycles. The zero-order chi connectivity index (χ0) is 14.3. The maximum absolute atomic E-state index is 12.5. The summed E-state index contributed by atoms with van der Waals surface area (Å²) in [4.78, 5) is 18.4. The summed E-state index contributed by atoms with van der Waals surface area (Å²) in [6.45, 7) is 2.51. The van der Waals surface area contributed by atoms with Crippen molar-refractivity contribution in [3.63, 3.8) is 0 Å². The van der Waals surface area contributed by atoms with Gasteiger partial charge in [-0.25, -0.2) is 0 Å². The normalized spacial score (nSPS) is 17.1. The summed E-state index contributed by atoms with van der Waals surface area (Å²) in [5.41, 5.74) is 6.75. The largest absolute Gasteiger partial charge is 0.479 e. The number of anilines is 2. The van der Waals surface area contributed by atoms with Crippen LogP contribution in [0.2, 0.25) is 0 Å². The van der Waals surface area contributed by atoms with Gasteiger partial charge in [0.15, 0.2) is 0 Å². The molecule has 0 aliphatic carbocycles. The van der Waals surface area contributed by atoms with Crippen LogP contribution in [0.1, 0.15) is 23.5 Å². The molecule has 112 valence electrons. The molecule has 0 fully saturated rings. The van der Waals surface area contributed by atoms with E-state index in [4.69, 9.17) is 10.5 Å². The number of methoxy groups -OCH3 is 1. The van der Waals surface area contributed by atoms with Gasteiger partial charge in [0, 0.05) is 12.7 Å². The molecule has 2 N–H and O–H groups in total. The lowest BCUT2D eigenvalue weighted by Crippen LogP contribution is -2.43. The van der Waals surface area contributed by atoms with Gasteiger partial charge in [-0.1, -0.05) is 0 Å². The smallest absolute Gasteiger partial charge is 0.277 e. The number of aromatic nitrogens is 3. The second-order valence-electron chi connectivity index (χ2n) is 4.69. The Bertz CT molecular complexity index is 672. The fourth-order valence-corrected chi connectivity index (χ4v) is 2.35. The topological polar surface area (TPSA) is 86.3 Å². The Balaban J connectivity index is 0.00000161. The van der Waals surface area contributed by atoms with Gasteiger partial charge in [0.2, 0.25) is 5.88 Å². The minimum atomic E-state index is -0.125. The van der Waals surface area contributed by atoms with E-state index in [1.807, 2.05) is 6.92 Å². The molecule has 0 unspecified atom stereocenters. The molecule has 0 bridgehead atoms. The van der Waals surface area contributed by atoms with Crippen LogP contribution >= 0.6 is 13.5 Å². The highest BCUT2D eigenvalue weighted by Crippen LogP contribution is 2.27. The lowest BCUT2D eigenvalue weighted by atomic mass is 10.2. The highest BCUT2D eigenvalue weighted by molar-refractivity contribution is 7.59. The number of carbonyl (C=O) groups is 1. The summed E-state index contributed by atoms with van der Waals surface area (Å²) < 4.78 is 6.83. The predicted octanol–water partition coefficient (Wildman–Crippen LogP) is 1.20. The van der Waals surface area contributed by atoms with Gasteiger partial charge >= 0.3 is 0 Å². The number of pyridine rings is 1. The maximum atomic E-state index is 12.5. The van der Waals surface area contributed by atoms with E-state index in [1.54, 1.807) is 34.0 Å². The summed E-state index contributed by atoms with van der Waals surface area (Å²) in [6, 6.07) is 5.20. The summed E-state index contributed by atoms with van der Waals surface area (Å²) in [5.74, 6) is 0.724. The summed E-state index contributed by atoms with van der Waals surface area (Å²) in [5, 5.41) is 4.17. The van der Waals surface area contributed by atoms with Crippen LogP contribution in [0.3, 0.4) is 0 Å². The van der Waals surface area contributed by atoms with Gasteiger partial charge in [0.05, 0.1) is 18.8 Å². The van der Waals surface area contributed by atoms with Crippen LogP contribution in [0, 0.1) is 0 Å². The number of fused-ring (bicyclic) bond motifs is 1. The van der Waals surface area contributed by atoms with Crippen LogP contribution in [0.25, 0.3) is 0 Å². The van der Waals surface area contributed by atoms with E-state index in [1.165, 1.54) is 7.11 Å². The number of hydrogen-bond donors (Lipinski definition) is 1. The first kappa shape index (κ1) is 15.2. The predicted molar refractivity (Wildman–Crippen MR) is 84.2 cm³/mol. The highest BCUT2D eigenvalue weighted by Gasteiger charge is 2.31. The Kier molecular flexibility index (Phi) is 4.08. The lowest BCUT2D eigenvalue weighted by molar-refractivity contribution is 0.0952. The minimum Gasteiger partial charge on any atom is -0.479 e. The molecule has 8 heteroatoms. The quantitative estimate of drug-likeness (QED) is 0.901. The zero-order valence-electron chi connectivity index (χ0n) is 11.8. The first-order chi connectivity index (χ1) is 9.61. The van der Waals surface area contributed by atoms with E-state index in [2.05, 4.69) is 10.1 Å². The first-order valence-electron chi connectivity index (χ1n) is 6.27. The molecular weight excluding hydrogens is 290 g/mol. The number of nitrogens with zero attached hydrogens (tertiary/aromatic N) is 4. The number of amides is 1. The second kappa shape index (κ2) is 5.65. The Labute approximate surface area is 129 Å². The van der Waals surface area contributed by atoms with E-state index in [9.17, 15) is 4.79 Å². The van der Waals surface area contributed by atoms with Crippen molar-refractivity contribution in [2.75, 3.05) is 24.3 Å². The average Bonchev–Trinajstić information content (AvgIpc) is 2.94. The molecule has 0 spiro atoms. The van der Waals surface area contributed by atoms with Gasteiger partial charge in [0.1, 0.15) is 11.5 Å². The van der Waals surface area contributed by atoms with Crippen molar-refractivity contribution >= 4 is 30.9 Å². The minimum absolute atomic E-state index is 0. The molecule has 1 atom stereocenters. The first-order valence-corrected chi connectivity index (χ1v) is 6.27. The molecule has 0 aromatic carbocycles. The molecule has 1 aliphatic rings. The molecule has 7 nitrogen and oxygen atoms in total. The fourth-order valence-electron chi connectivity index (χ4n) is 2.35. The van der Waals surface area contributed by atoms with Gasteiger partial charge in [-0.05, 0) is 25.1 Å². The van der Waals surface area contributed by atoms with Crippen molar-refractivity contribution < 1.29 is 9.53 Å². The van der Waals surface area contributed by atoms with Crippen molar-refractivity contribution in [1.29, 1.82) is 0 Å². The monoisotopic (exact) mass is 307 g/mol. The molecule has 0 radical (unpaired) electrons. The zero-order valence-corrected chi connectivity index (χ0v) is 12.8. The Morgan fingerprint density at radius 3 is 2.86 bits per heavy atom. The van der Waals surface area contributed by atoms with E-state index >= 15 is 0 Å². The molecular formula is C13H17N5O2S. The third-order valence-electron chi connectivity index (χ3n) is 3.34. The molecule has 2 aromatic rings. The van der Waals surface area contributed by atoms with Gasteiger partial charge in [-0.15, -0.1) is 0 Å². The number of carbonyl (C=O) groups excluding carboxylic acids is 1. The van der Waals surface area contributed by atoms with Gasteiger partial charge in [0.25, 0.3) is 5.91 Å². The fraction of sp³-hybridized carbons (Fsp3) is 0.308. The summed E-state index contributed by atoms with van der Waals surface area (Å²) in [7, 11) is 1.50. The van der Waals surface area contributed by atoms with Crippen LogP contribution in [0.4, 0.5) is 11.5 Å². The van der Waals surface area contributed by atoms with Gasteiger partial charge in [-0.3, -0.25) is 14.4 Å². The van der Waals surface area contributed by atoms with Crippen LogP contribution < -0.4 is 15.4 Å². The van der Waals surface area contributed by atoms with Crippen molar-refractivity contribution in [2.45, 2.75) is 13.0 Å². The maximum Gasteiger partial charge on any atom is 0.277 e. The molecule has 0 saturated carbocycles. The Hall–Kier alpha value is -2.22. The molecule has 1 aliphatic heterocycles. The van der Waals surface area contributed by atoms with Crippen molar-refractivity contribution in [2.24, 2.45) is 0 Å². The molecule has 0 saturated heterocycles. The van der Waals surface area contributed by atoms with E-state index in [0.717, 1.165) is 0 Å². The van der Waals surface area contributed by atoms with E-state index < -0.39 is 0 Å². The number of ether oxygens (including phenoxy) is 1. The SMILES string of the molecule is COc1nc(N2C[C@H](C)n3nccc3C2=O)ccc1N.S. The number of nitrogen functional groups attached to an aromatic ring is 1. The van der Waals surface area contributed by atoms with E-state index in [-0.39, 0.29) is 25.4 Å². The van der Waals surface area contributed by atoms with Gasteiger partial charge < -0.3 is 10.5 Å². The molecule has 3 rings (SSSR count). The van der Waals surface area contributed by atoms with E-state index in [0.29, 0.717) is 29.6 Å². The highest BCUT2D eigenvalue weighted by atomic mass is 32.1. The Morgan fingerprint density at radius 1 is 1.38 bits per heavy atom. The van der Waals surface area contributed by atoms with Crippen LogP contribution in [0.15, 0.2) is 24.4 Å².